The van der Waals surface area contributed by atoms with E-state index in [9.17, 15) is 0 Å². The first-order valence-electron chi connectivity index (χ1n) is 3.96. The van der Waals surface area contributed by atoms with E-state index < -0.39 is 0 Å². The summed E-state index contributed by atoms with van der Waals surface area (Å²) in [5.74, 6) is 0.562. The van der Waals surface area contributed by atoms with Crippen molar-refractivity contribution in [2.75, 3.05) is 0 Å². The lowest BCUT2D eigenvalue weighted by atomic mass is 9.83. The first-order valence-corrected chi connectivity index (χ1v) is 4.71. The first kappa shape index (κ1) is 8.27. The number of hydrogen-bond donors (Lipinski definition) is 0. The maximum Gasteiger partial charge on any atom is 0.170 e. The summed E-state index contributed by atoms with van der Waals surface area (Å²) in [6, 6.07) is 1.82. The third-order valence-corrected chi connectivity index (χ3v) is 2.91. The molecule has 1 heterocycles. The summed E-state index contributed by atoms with van der Waals surface area (Å²) in [5, 5.41) is 8.56. The van der Waals surface area contributed by atoms with E-state index in [2.05, 4.69) is 10.2 Å². The number of halogens is 2. The summed E-state index contributed by atoms with van der Waals surface area (Å²) < 4.78 is 0. The van der Waals surface area contributed by atoms with E-state index in [4.69, 9.17) is 23.2 Å². The van der Waals surface area contributed by atoms with Crippen LogP contribution >= 0.6 is 23.2 Å². The van der Waals surface area contributed by atoms with Gasteiger partial charge >= 0.3 is 0 Å². The highest BCUT2D eigenvalue weighted by atomic mass is 35.5. The van der Waals surface area contributed by atoms with Gasteiger partial charge in [-0.15, -0.1) is 5.10 Å². The van der Waals surface area contributed by atoms with Gasteiger partial charge in [0.25, 0.3) is 0 Å². The van der Waals surface area contributed by atoms with Crippen molar-refractivity contribution in [3.05, 3.63) is 21.9 Å². The fourth-order valence-electron chi connectivity index (χ4n) is 1.27. The Morgan fingerprint density at radius 2 is 2.00 bits per heavy atom. The zero-order valence-electron chi connectivity index (χ0n) is 6.43. The molecular weight excluding hydrogens is 195 g/mol. The highest BCUT2D eigenvalue weighted by molar-refractivity contribution is 6.41. The summed E-state index contributed by atoms with van der Waals surface area (Å²) >= 11 is 11.4. The Morgan fingerprint density at radius 3 is 2.50 bits per heavy atom. The molecule has 2 nitrogen and oxygen atoms in total. The zero-order chi connectivity index (χ0) is 8.55. The van der Waals surface area contributed by atoms with Crippen LogP contribution < -0.4 is 0 Å². The van der Waals surface area contributed by atoms with Crippen molar-refractivity contribution in [2.45, 2.75) is 25.2 Å². The van der Waals surface area contributed by atoms with Gasteiger partial charge in [0.1, 0.15) is 0 Å². The second-order valence-electron chi connectivity index (χ2n) is 3.04. The largest absolute Gasteiger partial charge is 0.170 e. The molecular formula is C8H8Cl2N2. The van der Waals surface area contributed by atoms with Crippen LogP contribution in [0.5, 0.6) is 0 Å². The summed E-state index contributed by atoms with van der Waals surface area (Å²) in [6.07, 6.45) is 3.69. The third-order valence-electron chi connectivity index (χ3n) is 2.25. The minimum absolute atomic E-state index is 0.291. The predicted molar refractivity (Wildman–Crippen MR) is 48.6 cm³/mol. The molecule has 1 saturated carbocycles. The molecule has 12 heavy (non-hydrogen) atoms. The van der Waals surface area contributed by atoms with Crippen LogP contribution in [0.4, 0.5) is 0 Å². The smallest absolute Gasteiger partial charge is 0.154 e. The fourth-order valence-corrected chi connectivity index (χ4v) is 1.51. The molecule has 1 aliphatic carbocycles. The average Bonchev–Trinajstić information content (AvgIpc) is 1.93. The molecule has 0 saturated heterocycles. The van der Waals surface area contributed by atoms with Crippen LogP contribution in [0.3, 0.4) is 0 Å². The molecule has 0 aliphatic heterocycles. The van der Waals surface area contributed by atoms with Crippen LogP contribution in [0, 0.1) is 0 Å². The standard InChI is InChI=1S/C8H8Cl2N2/c9-6-4-7(5-2-1-3-5)11-12-8(6)10/h4-5H,1-3H2. The molecule has 1 fully saturated rings. The Hall–Kier alpha value is -0.340. The molecule has 2 rings (SSSR count). The molecule has 1 aliphatic rings. The summed E-state index contributed by atoms with van der Waals surface area (Å²) in [4.78, 5) is 0. The van der Waals surface area contributed by atoms with Gasteiger partial charge in [0.2, 0.25) is 0 Å². The Balaban J connectivity index is 2.27. The minimum Gasteiger partial charge on any atom is -0.154 e. The molecule has 0 bridgehead atoms. The van der Waals surface area contributed by atoms with Gasteiger partial charge in [-0.05, 0) is 18.9 Å². The quantitative estimate of drug-likeness (QED) is 0.700. The number of nitrogens with zero attached hydrogens (tertiary/aromatic N) is 2. The van der Waals surface area contributed by atoms with Crippen molar-refractivity contribution in [2.24, 2.45) is 0 Å². The Labute approximate surface area is 80.9 Å². The predicted octanol–water partition coefficient (Wildman–Crippen LogP) is 3.05. The zero-order valence-corrected chi connectivity index (χ0v) is 7.94. The molecule has 4 heteroatoms. The van der Waals surface area contributed by atoms with Gasteiger partial charge in [0, 0.05) is 5.92 Å². The van der Waals surface area contributed by atoms with Gasteiger partial charge in [-0.1, -0.05) is 29.6 Å². The lowest BCUT2D eigenvalue weighted by molar-refractivity contribution is 0.408. The van der Waals surface area contributed by atoms with Crippen molar-refractivity contribution in [3.8, 4) is 0 Å². The number of aromatic nitrogens is 2. The normalized spacial score (nSPS) is 17.5. The Bertz CT molecular complexity index is 297. The van der Waals surface area contributed by atoms with Crippen molar-refractivity contribution < 1.29 is 0 Å². The fraction of sp³-hybridized carbons (Fsp3) is 0.500. The molecule has 0 N–H and O–H groups in total. The summed E-state index contributed by atoms with van der Waals surface area (Å²) in [6.45, 7) is 0. The maximum absolute atomic E-state index is 5.80. The highest BCUT2D eigenvalue weighted by Crippen LogP contribution is 2.36. The van der Waals surface area contributed by atoms with Gasteiger partial charge in [0.15, 0.2) is 5.15 Å². The van der Waals surface area contributed by atoms with Crippen molar-refractivity contribution >= 4 is 23.2 Å². The molecule has 0 unspecified atom stereocenters. The van der Waals surface area contributed by atoms with Gasteiger partial charge in [-0.25, -0.2) is 0 Å². The van der Waals surface area contributed by atoms with Gasteiger partial charge in [0.05, 0.1) is 10.7 Å². The van der Waals surface area contributed by atoms with Crippen LogP contribution in [-0.4, -0.2) is 10.2 Å². The van der Waals surface area contributed by atoms with E-state index in [0.29, 0.717) is 16.1 Å². The topological polar surface area (TPSA) is 25.8 Å². The molecule has 0 aromatic carbocycles. The van der Waals surface area contributed by atoms with Crippen LogP contribution in [0.1, 0.15) is 30.9 Å². The third kappa shape index (κ3) is 1.41. The molecule has 64 valence electrons. The second kappa shape index (κ2) is 3.19. The first-order chi connectivity index (χ1) is 5.77. The van der Waals surface area contributed by atoms with Crippen LogP contribution in [0.25, 0.3) is 0 Å². The average molecular weight is 203 g/mol. The lowest BCUT2D eigenvalue weighted by Gasteiger charge is -2.24. The van der Waals surface area contributed by atoms with E-state index >= 15 is 0 Å². The SMILES string of the molecule is Clc1cc(C2CCC2)nnc1Cl. The van der Waals surface area contributed by atoms with Crippen LogP contribution in [0.2, 0.25) is 10.2 Å². The molecule has 0 radical (unpaired) electrons. The lowest BCUT2D eigenvalue weighted by Crippen LogP contribution is -2.11. The molecule has 0 spiro atoms. The molecule has 0 amide bonds. The monoisotopic (exact) mass is 202 g/mol. The highest BCUT2D eigenvalue weighted by Gasteiger charge is 2.21. The van der Waals surface area contributed by atoms with Crippen LogP contribution in [-0.2, 0) is 0 Å². The van der Waals surface area contributed by atoms with Crippen molar-refractivity contribution in [1.29, 1.82) is 0 Å². The van der Waals surface area contributed by atoms with E-state index in [1.54, 1.807) is 0 Å². The van der Waals surface area contributed by atoms with E-state index in [1.165, 1.54) is 19.3 Å². The second-order valence-corrected chi connectivity index (χ2v) is 3.80. The van der Waals surface area contributed by atoms with Gasteiger partial charge in [-0.3, -0.25) is 0 Å². The molecule has 0 atom stereocenters. The summed E-state index contributed by atoms with van der Waals surface area (Å²) in [5.41, 5.74) is 0.982. The van der Waals surface area contributed by atoms with Crippen molar-refractivity contribution in [3.63, 3.8) is 0 Å². The van der Waals surface area contributed by atoms with E-state index in [1.807, 2.05) is 6.07 Å². The summed E-state index contributed by atoms with van der Waals surface area (Å²) in [7, 11) is 0. The number of hydrogen-bond acceptors (Lipinski definition) is 2. The Morgan fingerprint density at radius 1 is 1.25 bits per heavy atom. The minimum atomic E-state index is 0.291. The number of rotatable bonds is 1. The maximum atomic E-state index is 5.80. The van der Waals surface area contributed by atoms with Gasteiger partial charge in [-0.2, -0.15) is 5.10 Å². The van der Waals surface area contributed by atoms with Crippen molar-refractivity contribution in [1.82, 2.24) is 10.2 Å². The molecule has 1 aromatic rings. The van der Waals surface area contributed by atoms with Crippen LogP contribution in [0.15, 0.2) is 6.07 Å². The van der Waals surface area contributed by atoms with E-state index in [-0.39, 0.29) is 0 Å². The van der Waals surface area contributed by atoms with E-state index in [0.717, 1.165) is 5.69 Å². The molecule has 1 aromatic heterocycles. The Kier molecular flexibility index (Phi) is 2.20. The van der Waals surface area contributed by atoms with Gasteiger partial charge < -0.3 is 0 Å².